The van der Waals surface area contributed by atoms with Crippen molar-refractivity contribution in [1.82, 2.24) is 5.32 Å². The number of hydrogen-bond acceptors (Lipinski definition) is 1. The van der Waals surface area contributed by atoms with Gasteiger partial charge in [0.1, 0.15) is 0 Å². The Bertz CT molecular complexity index is 101. The highest BCUT2D eigenvalue weighted by Crippen LogP contribution is 2.17. The molecule has 0 rings (SSSR count). The zero-order chi connectivity index (χ0) is 10.1. The molecule has 0 spiro atoms. The summed E-state index contributed by atoms with van der Waals surface area (Å²) in [6, 6.07) is 0.705. The van der Waals surface area contributed by atoms with E-state index in [2.05, 4.69) is 33.0 Å². The molecular weight excluding hydrogens is 158 g/mol. The summed E-state index contributed by atoms with van der Waals surface area (Å²) in [6.07, 6.45) is 6.85. The lowest BCUT2D eigenvalue weighted by molar-refractivity contribution is 0.385. The molecule has 80 valence electrons. The van der Waals surface area contributed by atoms with E-state index in [0.717, 1.165) is 12.5 Å². The third-order valence-electron chi connectivity index (χ3n) is 2.83. The zero-order valence-corrected chi connectivity index (χ0v) is 9.90. The molecule has 0 aromatic rings. The average molecular weight is 185 g/mol. The van der Waals surface area contributed by atoms with E-state index in [1.54, 1.807) is 0 Å². The summed E-state index contributed by atoms with van der Waals surface area (Å²) in [5.74, 6) is 0.964. The first-order valence-electron chi connectivity index (χ1n) is 5.97. The first-order valence-corrected chi connectivity index (χ1v) is 5.97. The van der Waals surface area contributed by atoms with Crippen LogP contribution in [0, 0.1) is 5.92 Å². The minimum Gasteiger partial charge on any atom is -0.315 e. The van der Waals surface area contributed by atoms with Crippen molar-refractivity contribution in [1.29, 1.82) is 0 Å². The number of nitrogens with one attached hydrogen (secondary N) is 1. The van der Waals surface area contributed by atoms with Gasteiger partial charge in [-0.2, -0.15) is 0 Å². The highest BCUT2D eigenvalue weighted by atomic mass is 14.9. The van der Waals surface area contributed by atoms with Gasteiger partial charge < -0.3 is 5.32 Å². The van der Waals surface area contributed by atoms with Crippen molar-refractivity contribution in [2.75, 3.05) is 6.54 Å². The standard InChI is InChI=1S/C12H27N/c1-5-8-12(6-2)10-9-11(4)13-7-3/h11-13H,5-10H2,1-4H3. The second kappa shape index (κ2) is 8.55. The summed E-state index contributed by atoms with van der Waals surface area (Å²) >= 11 is 0. The van der Waals surface area contributed by atoms with Gasteiger partial charge in [-0.15, -0.1) is 0 Å². The number of hydrogen-bond donors (Lipinski definition) is 1. The molecule has 0 heterocycles. The molecule has 0 saturated carbocycles. The molecule has 0 fully saturated rings. The lowest BCUT2D eigenvalue weighted by atomic mass is 9.94. The molecule has 0 aromatic heterocycles. The SMILES string of the molecule is CCCC(CC)CCC(C)NCC. The van der Waals surface area contributed by atoms with Crippen LogP contribution >= 0.6 is 0 Å². The van der Waals surface area contributed by atoms with Crippen molar-refractivity contribution in [3.8, 4) is 0 Å². The molecule has 0 aliphatic heterocycles. The Morgan fingerprint density at radius 1 is 1.00 bits per heavy atom. The topological polar surface area (TPSA) is 12.0 Å². The van der Waals surface area contributed by atoms with E-state index >= 15 is 0 Å². The van der Waals surface area contributed by atoms with Crippen molar-refractivity contribution in [3.05, 3.63) is 0 Å². The maximum absolute atomic E-state index is 3.47. The smallest absolute Gasteiger partial charge is 0.00387 e. The summed E-state index contributed by atoms with van der Waals surface area (Å²) < 4.78 is 0. The van der Waals surface area contributed by atoms with E-state index in [-0.39, 0.29) is 0 Å². The Morgan fingerprint density at radius 3 is 2.15 bits per heavy atom. The molecule has 1 nitrogen and oxygen atoms in total. The molecule has 0 aliphatic carbocycles. The van der Waals surface area contributed by atoms with Gasteiger partial charge in [-0.1, -0.05) is 40.0 Å². The van der Waals surface area contributed by atoms with Gasteiger partial charge in [0.2, 0.25) is 0 Å². The van der Waals surface area contributed by atoms with E-state index in [1.807, 2.05) is 0 Å². The van der Waals surface area contributed by atoms with Crippen LogP contribution in [0.3, 0.4) is 0 Å². The highest BCUT2D eigenvalue weighted by Gasteiger charge is 2.07. The summed E-state index contributed by atoms with van der Waals surface area (Å²) in [5.41, 5.74) is 0. The minimum atomic E-state index is 0.705. The van der Waals surface area contributed by atoms with Crippen LogP contribution in [-0.4, -0.2) is 12.6 Å². The van der Waals surface area contributed by atoms with Crippen molar-refractivity contribution in [2.45, 2.75) is 65.8 Å². The van der Waals surface area contributed by atoms with Crippen molar-refractivity contribution < 1.29 is 0 Å². The van der Waals surface area contributed by atoms with Gasteiger partial charge in [0.15, 0.2) is 0 Å². The van der Waals surface area contributed by atoms with Crippen LogP contribution < -0.4 is 5.32 Å². The fourth-order valence-corrected chi connectivity index (χ4v) is 1.90. The molecule has 0 aliphatic rings. The Labute approximate surface area is 84.3 Å². The van der Waals surface area contributed by atoms with Crippen LogP contribution in [0.4, 0.5) is 0 Å². The molecule has 0 bridgehead atoms. The third-order valence-corrected chi connectivity index (χ3v) is 2.83. The molecule has 0 aromatic carbocycles. The van der Waals surface area contributed by atoms with Gasteiger partial charge in [0, 0.05) is 6.04 Å². The molecule has 1 heteroatoms. The lowest BCUT2D eigenvalue weighted by Crippen LogP contribution is -2.26. The van der Waals surface area contributed by atoms with Crippen LogP contribution in [0.5, 0.6) is 0 Å². The zero-order valence-electron chi connectivity index (χ0n) is 9.90. The Hall–Kier alpha value is -0.0400. The molecule has 0 saturated heterocycles. The summed E-state index contributed by atoms with van der Waals surface area (Å²) in [5, 5.41) is 3.47. The van der Waals surface area contributed by atoms with E-state index in [9.17, 15) is 0 Å². The van der Waals surface area contributed by atoms with E-state index in [0.29, 0.717) is 6.04 Å². The second-order valence-electron chi connectivity index (χ2n) is 4.10. The molecule has 0 amide bonds. The maximum atomic E-state index is 3.47. The Morgan fingerprint density at radius 2 is 1.69 bits per heavy atom. The highest BCUT2D eigenvalue weighted by molar-refractivity contribution is 4.64. The van der Waals surface area contributed by atoms with E-state index < -0.39 is 0 Å². The van der Waals surface area contributed by atoms with E-state index in [4.69, 9.17) is 0 Å². The molecule has 13 heavy (non-hydrogen) atoms. The largest absolute Gasteiger partial charge is 0.315 e. The van der Waals surface area contributed by atoms with Gasteiger partial charge in [0.05, 0.1) is 0 Å². The van der Waals surface area contributed by atoms with Gasteiger partial charge in [-0.25, -0.2) is 0 Å². The van der Waals surface area contributed by atoms with Crippen LogP contribution in [0.25, 0.3) is 0 Å². The van der Waals surface area contributed by atoms with Crippen LogP contribution in [0.1, 0.15) is 59.8 Å². The molecule has 2 atom stereocenters. The fraction of sp³-hybridized carbons (Fsp3) is 1.00. The molecule has 1 N–H and O–H groups in total. The van der Waals surface area contributed by atoms with Crippen LogP contribution in [0.15, 0.2) is 0 Å². The second-order valence-corrected chi connectivity index (χ2v) is 4.10. The van der Waals surface area contributed by atoms with Crippen molar-refractivity contribution in [2.24, 2.45) is 5.92 Å². The lowest BCUT2D eigenvalue weighted by Gasteiger charge is -2.17. The Kier molecular flexibility index (Phi) is 8.53. The summed E-state index contributed by atoms with van der Waals surface area (Å²) in [4.78, 5) is 0. The summed E-state index contributed by atoms with van der Waals surface area (Å²) in [7, 11) is 0. The third kappa shape index (κ3) is 7.06. The Balaban J connectivity index is 3.46. The predicted molar refractivity (Wildman–Crippen MR) is 61.1 cm³/mol. The normalized spacial score (nSPS) is 15.7. The first kappa shape index (κ1) is 13.0. The minimum absolute atomic E-state index is 0.705. The van der Waals surface area contributed by atoms with Crippen LogP contribution in [-0.2, 0) is 0 Å². The van der Waals surface area contributed by atoms with E-state index in [1.165, 1.54) is 32.1 Å². The van der Waals surface area contributed by atoms with Crippen LogP contribution in [0.2, 0.25) is 0 Å². The van der Waals surface area contributed by atoms with Crippen molar-refractivity contribution in [3.63, 3.8) is 0 Å². The number of rotatable bonds is 8. The van der Waals surface area contributed by atoms with Crippen molar-refractivity contribution >= 4 is 0 Å². The maximum Gasteiger partial charge on any atom is 0.00387 e. The first-order chi connectivity index (χ1) is 6.24. The van der Waals surface area contributed by atoms with Gasteiger partial charge >= 0.3 is 0 Å². The van der Waals surface area contributed by atoms with Gasteiger partial charge in [-0.3, -0.25) is 0 Å². The summed E-state index contributed by atoms with van der Waals surface area (Å²) in [6.45, 7) is 10.2. The van der Waals surface area contributed by atoms with Gasteiger partial charge in [0.25, 0.3) is 0 Å². The molecule has 2 unspecified atom stereocenters. The quantitative estimate of drug-likeness (QED) is 0.609. The molecule has 0 radical (unpaired) electrons. The monoisotopic (exact) mass is 185 g/mol. The molecular formula is C12H27N. The van der Waals surface area contributed by atoms with Gasteiger partial charge in [-0.05, 0) is 32.2 Å². The fourth-order valence-electron chi connectivity index (χ4n) is 1.90. The average Bonchev–Trinajstić information content (AvgIpc) is 2.12. The predicted octanol–water partition coefficient (Wildman–Crippen LogP) is 3.59.